The number of carbonyl (C=O) groups excluding carboxylic acids is 1. The van der Waals surface area contributed by atoms with Crippen molar-refractivity contribution >= 4 is 39.3 Å². The first kappa shape index (κ1) is 13.1. The van der Waals surface area contributed by atoms with Crippen LogP contribution in [0.5, 0.6) is 0 Å². The third-order valence-corrected chi connectivity index (χ3v) is 3.30. The monoisotopic (exact) mass is 324 g/mol. The quantitative estimate of drug-likeness (QED) is 0.905. The van der Waals surface area contributed by atoms with Gasteiger partial charge in [-0.15, -0.1) is 0 Å². The Hall–Kier alpha value is -1.39. The van der Waals surface area contributed by atoms with E-state index in [9.17, 15) is 4.79 Å². The van der Waals surface area contributed by atoms with Gasteiger partial charge < -0.3 is 5.32 Å². The molecule has 0 saturated heterocycles. The summed E-state index contributed by atoms with van der Waals surface area (Å²) in [7, 11) is 0. The second-order valence-electron chi connectivity index (χ2n) is 3.78. The molecule has 5 heteroatoms. The fraction of sp³-hybridized carbons (Fsp3) is 0.0769. The van der Waals surface area contributed by atoms with Crippen molar-refractivity contribution in [3.05, 3.63) is 57.2 Å². The van der Waals surface area contributed by atoms with E-state index in [-0.39, 0.29) is 5.91 Å². The number of halogens is 2. The second kappa shape index (κ2) is 5.50. The molecule has 0 unspecified atom stereocenters. The van der Waals surface area contributed by atoms with Gasteiger partial charge in [-0.05, 0) is 42.8 Å². The summed E-state index contributed by atoms with van der Waals surface area (Å²) in [6.07, 6.45) is 1.62. The van der Waals surface area contributed by atoms with E-state index in [1.54, 1.807) is 36.5 Å². The molecule has 1 aromatic heterocycles. The van der Waals surface area contributed by atoms with Crippen molar-refractivity contribution in [2.24, 2.45) is 0 Å². The predicted octanol–water partition coefficient (Wildman–Crippen LogP) is 4.06. The number of pyridine rings is 1. The third kappa shape index (κ3) is 3.09. The van der Waals surface area contributed by atoms with Crippen LogP contribution in [-0.4, -0.2) is 10.9 Å². The molecular formula is C13H10BrClN2O. The molecule has 0 atom stereocenters. The molecule has 0 radical (unpaired) electrons. The smallest absolute Gasteiger partial charge is 0.256 e. The Labute approximate surface area is 118 Å². The number of benzene rings is 1. The molecule has 18 heavy (non-hydrogen) atoms. The van der Waals surface area contributed by atoms with Crippen LogP contribution < -0.4 is 5.32 Å². The largest absolute Gasteiger partial charge is 0.307 e. The molecule has 0 aliphatic rings. The summed E-state index contributed by atoms with van der Waals surface area (Å²) in [5, 5.41) is 3.37. The molecule has 1 heterocycles. The maximum Gasteiger partial charge on any atom is 0.256 e. The number of amides is 1. The minimum atomic E-state index is -0.208. The lowest BCUT2D eigenvalue weighted by Gasteiger charge is -2.06. The van der Waals surface area contributed by atoms with Crippen LogP contribution in [0.25, 0.3) is 0 Å². The van der Waals surface area contributed by atoms with Crippen molar-refractivity contribution in [1.82, 2.24) is 4.98 Å². The van der Waals surface area contributed by atoms with Gasteiger partial charge in [0.05, 0.1) is 0 Å². The topological polar surface area (TPSA) is 42.0 Å². The van der Waals surface area contributed by atoms with Crippen LogP contribution in [0.4, 0.5) is 5.82 Å². The Kier molecular flexibility index (Phi) is 3.99. The zero-order valence-corrected chi connectivity index (χ0v) is 11.9. The summed E-state index contributed by atoms with van der Waals surface area (Å²) in [4.78, 5) is 16.0. The van der Waals surface area contributed by atoms with Gasteiger partial charge >= 0.3 is 0 Å². The normalized spacial score (nSPS) is 10.2. The standard InChI is InChI=1S/C13H10BrClN2O/c1-8-6-9(2-3-11(8)15)13(18)17-12-7-10(14)4-5-16-12/h2-7H,1H3,(H,16,17,18). The van der Waals surface area contributed by atoms with Crippen molar-refractivity contribution in [3.8, 4) is 0 Å². The molecule has 1 N–H and O–H groups in total. The van der Waals surface area contributed by atoms with Crippen LogP contribution in [0.15, 0.2) is 41.0 Å². The van der Waals surface area contributed by atoms with Crippen molar-refractivity contribution in [1.29, 1.82) is 0 Å². The molecule has 0 fully saturated rings. The summed E-state index contributed by atoms with van der Waals surface area (Å²) in [6, 6.07) is 8.67. The SMILES string of the molecule is Cc1cc(C(=O)Nc2cc(Br)ccn2)ccc1Cl. The van der Waals surface area contributed by atoms with Crippen LogP contribution >= 0.6 is 27.5 Å². The average molecular weight is 326 g/mol. The number of hydrogen-bond donors (Lipinski definition) is 1. The molecular weight excluding hydrogens is 316 g/mol. The first-order valence-electron chi connectivity index (χ1n) is 5.25. The number of nitrogens with zero attached hydrogens (tertiary/aromatic N) is 1. The summed E-state index contributed by atoms with van der Waals surface area (Å²) >= 11 is 9.24. The van der Waals surface area contributed by atoms with Gasteiger partial charge in [-0.25, -0.2) is 4.98 Å². The minimum Gasteiger partial charge on any atom is -0.307 e. The molecule has 2 rings (SSSR count). The van der Waals surface area contributed by atoms with Gasteiger partial charge in [0.2, 0.25) is 0 Å². The van der Waals surface area contributed by atoms with Crippen molar-refractivity contribution in [2.75, 3.05) is 5.32 Å². The van der Waals surface area contributed by atoms with E-state index < -0.39 is 0 Å². The van der Waals surface area contributed by atoms with Crippen molar-refractivity contribution in [2.45, 2.75) is 6.92 Å². The number of nitrogens with one attached hydrogen (secondary N) is 1. The Morgan fingerprint density at radius 2 is 2.11 bits per heavy atom. The lowest BCUT2D eigenvalue weighted by molar-refractivity contribution is 0.102. The van der Waals surface area contributed by atoms with E-state index in [2.05, 4.69) is 26.2 Å². The zero-order valence-electron chi connectivity index (χ0n) is 9.58. The molecule has 1 aromatic carbocycles. The molecule has 0 saturated carbocycles. The lowest BCUT2D eigenvalue weighted by Crippen LogP contribution is -2.13. The molecule has 2 aromatic rings. The number of anilines is 1. The highest BCUT2D eigenvalue weighted by molar-refractivity contribution is 9.10. The van der Waals surface area contributed by atoms with Crippen LogP contribution in [0, 0.1) is 6.92 Å². The molecule has 0 aliphatic heterocycles. The van der Waals surface area contributed by atoms with Gasteiger partial charge in [-0.2, -0.15) is 0 Å². The first-order valence-corrected chi connectivity index (χ1v) is 6.42. The molecule has 0 aliphatic carbocycles. The highest BCUT2D eigenvalue weighted by Gasteiger charge is 2.08. The van der Waals surface area contributed by atoms with Gasteiger partial charge in [0, 0.05) is 21.3 Å². The first-order chi connectivity index (χ1) is 8.56. The third-order valence-electron chi connectivity index (χ3n) is 2.38. The number of aromatic nitrogens is 1. The van der Waals surface area contributed by atoms with Gasteiger partial charge in [0.25, 0.3) is 5.91 Å². The fourth-order valence-electron chi connectivity index (χ4n) is 1.45. The summed E-state index contributed by atoms with van der Waals surface area (Å²) in [5.74, 6) is 0.294. The molecule has 0 bridgehead atoms. The Bertz CT molecular complexity index is 601. The number of carbonyl (C=O) groups is 1. The van der Waals surface area contributed by atoms with Gasteiger partial charge in [0.1, 0.15) is 5.82 Å². The van der Waals surface area contributed by atoms with Gasteiger partial charge in [0.15, 0.2) is 0 Å². The summed E-state index contributed by atoms with van der Waals surface area (Å²) in [5.41, 5.74) is 1.42. The second-order valence-corrected chi connectivity index (χ2v) is 5.10. The minimum absolute atomic E-state index is 0.208. The maximum absolute atomic E-state index is 12.0. The highest BCUT2D eigenvalue weighted by Crippen LogP contribution is 2.18. The predicted molar refractivity (Wildman–Crippen MR) is 76.1 cm³/mol. The van der Waals surface area contributed by atoms with Crippen molar-refractivity contribution < 1.29 is 4.79 Å². The van der Waals surface area contributed by atoms with E-state index in [4.69, 9.17) is 11.6 Å². The van der Waals surface area contributed by atoms with Gasteiger partial charge in [-0.1, -0.05) is 27.5 Å². The fourth-order valence-corrected chi connectivity index (χ4v) is 1.90. The molecule has 92 valence electrons. The van der Waals surface area contributed by atoms with Crippen molar-refractivity contribution in [3.63, 3.8) is 0 Å². The van der Waals surface area contributed by atoms with Crippen LogP contribution in [0.2, 0.25) is 5.02 Å². The van der Waals surface area contributed by atoms with E-state index in [1.807, 2.05) is 6.92 Å². The Balaban J connectivity index is 2.19. The van der Waals surface area contributed by atoms with E-state index in [1.165, 1.54) is 0 Å². The summed E-state index contributed by atoms with van der Waals surface area (Å²) < 4.78 is 0.861. The van der Waals surface area contributed by atoms with Gasteiger partial charge in [-0.3, -0.25) is 4.79 Å². The Morgan fingerprint density at radius 1 is 1.33 bits per heavy atom. The number of aryl methyl sites for hydroxylation is 1. The summed E-state index contributed by atoms with van der Waals surface area (Å²) in [6.45, 7) is 1.86. The highest BCUT2D eigenvalue weighted by atomic mass is 79.9. The van der Waals surface area contributed by atoms with E-state index in [0.717, 1.165) is 10.0 Å². The van der Waals surface area contributed by atoms with Crippen LogP contribution in [-0.2, 0) is 0 Å². The maximum atomic E-state index is 12.0. The Morgan fingerprint density at radius 3 is 2.78 bits per heavy atom. The number of hydrogen-bond acceptors (Lipinski definition) is 2. The average Bonchev–Trinajstić information content (AvgIpc) is 2.32. The van der Waals surface area contributed by atoms with E-state index >= 15 is 0 Å². The molecule has 1 amide bonds. The zero-order chi connectivity index (χ0) is 13.1. The van der Waals surface area contributed by atoms with Crippen LogP contribution in [0.1, 0.15) is 15.9 Å². The lowest BCUT2D eigenvalue weighted by atomic mass is 10.1. The molecule has 0 spiro atoms. The van der Waals surface area contributed by atoms with E-state index in [0.29, 0.717) is 16.4 Å². The number of rotatable bonds is 2. The molecule has 3 nitrogen and oxygen atoms in total. The van der Waals surface area contributed by atoms with Crippen LogP contribution in [0.3, 0.4) is 0 Å².